The van der Waals surface area contributed by atoms with Gasteiger partial charge in [-0.05, 0) is 25.1 Å². The first-order chi connectivity index (χ1) is 8.52. The molecule has 0 saturated heterocycles. The number of hydrogen-bond donors (Lipinski definition) is 0. The van der Waals surface area contributed by atoms with E-state index in [1.807, 2.05) is 25.1 Å². The van der Waals surface area contributed by atoms with Gasteiger partial charge in [-0.1, -0.05) is 15.9 Å². The van der Waals surface area contributed by atoms with Gasteiger partial charge in [0.2, 0.25) is 0 Å². The molecule has 6 heteroatoms. The zero-order valence-corrected chi connectivity index (χ0v) is 13.3. The molecule has 98 valence electrons. The predicted octanol–water partition coefficient (Wildman–Crippen LogP) is 3.48. The summed E-state index contributed by atoms with van der Waals surface area (Å²) in [5.74, 6) is 1.78. The summed E-state index contributed by atoms with van der Waals surface area (Å²) in [5.41, 5.74) is 1.94. The largest absolute Gasteiger partial charge is 0.323 e. The SMILES string of the molecule is CC(CS(C)=O)n1c(CCl)nc2ccc(Br)cc21. The first kappa shape index (κ1) is 14.0. The molecule has 1 aromatic heterocycles. The molecule has 0 bridgehead atoms. The van der Waals surface area contributed by atoms with Crippen LogP contribution in [0.2, 0.25) is 0 Å². The number of halogens is 2. The van der Waals surface area contributed by atoms with Crippen LogP contribution in [0.15, 0.2) is 22.7 Å². The van der Waals surface area contributed by atoms with Crippen LogP contribution in [0.4, 0.5) is 0 Å². The molecule has 0 amide bonds. The van der Waals surface area contributed by atoms with E-state index in [0.29, 0.717) is 11.6 Å². The Morgan fingerprint density at radius 3 is 2.89 bits per heavy atom. The molecule has 0 aliphatic carbocycles. The Kier molecular flexibility index (Phi) is 4.45. The predicted molar refractivity (Wildman–Crippen MR) is 80.6 cm³/mol. The smallest absolute Gasteiger partial charge is 0.125 e. The standard InChI is InChI=1S/C12H14BrClN2OS/c1-8(7-18(2)17)16-11-5-9(13)3-4-10(11)15-12(16)6-14/h3-5,8H,6-7H2,1-2H3. The van der Waals surface area contributed by atoms with Gasteiger partial charge < -0.3 is 4.57 Å². The van der Waals surface area contributed by atoms with Crippen LogP contribution in [-0.4, -0.2) is 25.8 Å². The quantitative estimate of drug-likeness (QED) is 0.792. The molecule has 2 unspecified atom stereocenters. The highest BCUT2D eigenvalue weighted by Gasteiger charge is 2.16. The van der Waals surface area contributed by atoms with Crippen molar-refractivity contribution in [2.45, 2.75) is 18.8 Å². The highest BCUT2D eigenvalue weighted by molar-refractivity contribution is 9.10. The minimum absolute atomic E-state index is 0.115. The molecule has 18 heavy (non-hydrogen) atoms. The minimum atomic E-state index is -0.842. The van der Waals surface area contributed by atoms with E-state index in [1.54, 1.807) is 6.26 Å². The van der Waals surface area contributed by atoms with Gasteiger partial charge in [0, 0.05) is 33.3 Å². The van der Waals surface area contributed by atoms with Crippen molar-refractivity contribution in [1.82, 2.24) is 9.55 Å². The summed E-state index contributed by atoms with van der Waals surface area (Å²) < 4.78 is 14.5. The molecule has 1 aromatic carbocycles. The van der Waals surface area contributed by atoms with Gasteiger partial charge in [-0.25, -0.2) is 4.98 Å². The van der Waals surface area contributed by atoms with Crippen molar-refractivity contribution in [1.29, 1.82) is 0 Å². The second-order valence-electron chi connectivity index (χ2n) is 4.25. The Bertz CT molecular complexity index is 599. The van der Waals surface area contributed by atoms with Gasteiger partial charge in [0.15, 0.2) is 0 Å². The Morgan fingerprint density at radius 2 is 2.28 bits per heavy atom. The fourth-order valence-electron chi connectivity index (χ4n) is 2.12. The number of hydrogen-bond acceptors (Lipinski definition) is 2. The highest BCUT2D eigenvalue weighted by Crippen LogP contribution is 2.25. The van der Waals surface area contributed by atoms with Crippen molar-refractivity contribution in [2.24, 2.45) is 0 Å². The number of aromatic nitrogens is 2. The maximum Gasteiger partial charge on any atom is 0.125 e. The number of fused-ring (bicyclic) bond motifs is 1. The maximum absolute atomic E-state index is 11.4. The van der Waals surface area contributed by atoms with Crippen LogP contribution in [0.1, 0.15) is 18.8 Å². The molecule has 2 aromatic rings. The third-order valence-corrected chi connectivity index (χ3v) is 4.44. The van der Waals surface area contributed by atoms with Gasteiger partial charge in [-0.3, -0.25) is 4.21 Å². The van der Waals surface area contributed by atoms with Gasteiger partial charge in [0.25, 0.3) is 0 Å². The van der Waals surface area contributed by atoms with E-state index >= 15 is 0 Å². The van der Waals surface area contributed by atoms with Crippen LogP contribution in [0.5, 0.6) is 0 Å². The highest BCUT2D eigenvalue weighted by atomic mass is 79.9. The fourth-order valence-corrected chi connectivity index (χ4v) is 3.48. The average Bonchev–Trinajstić information content (AvgIpc) is 2.65. The van der Waals surface area contributed by atoms with Crippen LogP contribution < -0.4 is 0 Å². The van der Waals surface area contributed by atoms with Gasteiger partial charge in [-0.15, -0.1) is 11.6 Å². The summed E-state index contributed by atoms with van der Waals surface area (Å²) in [7, 11) is -0.842. The van der Waals surface area contributed by atoms with Crippen LogP contribution >= 0.6 is 27.5 Å². The molecule has 0 aliphatic heterocycles. The van der Waals surface area contributed by atoms with Crippen molar-refractivity contribution in [3.8, 4) is 0 Å². The zero-order chi connectivity index (χ0) is 13.3. The molecule has 0 N–H and O–H groups in total. The fraction of sp³-hybridized carbons (Fsp3) is 0.417. The molecular weight excluding hydrogens is 336 g/mol. The number of benzene rings is 1. The zero-order valence-electron chi connectivity index (χ0n) is 10.2. The Morgan fingerprint density at radius 1 is 1.56 bits per heavy atom. The molecule has 3 nitrogen and oxygen atoms in total. The molecule has 0 spiro atoms. The number of nitrogens with zero attached hydrogens (tertiary/aromatic N) is 2. The lowest BCUT2D eigenvalue weighted by molar-refractivity contribution is 0.594. The molecule has 0 aliphatic rings. The maximum atomic E-state index is 11.4. The molecule has 0 radical (unpaired) electrons. The van der Waals surface area contributed by atoms with Gasteiger partial charge >= 0.3 is 0 Å². The van der Waals surface area contributed by atoms with Crippen molar-refractivity contribution < 1.29 is 4.21 Å². The molecule has 1 heterocycles. The number of rotatable bonds is 4. The molecule has 0 saturated carbocycles. The third-order valence-electron chi connectivity index (χ3n) is 2.76. The Balaban J connectivity index is 2.58. The summed E-state index contributed by atoms with van der Waals surface area (Å²) in [6.07, 6.45) is 1.71. The summed E-state index contributed by atoms with van der Waals surface area (Å²) in [6.45, 7) is 2.04. The topological polar surface area (TPSA) is 34.9 Å². The number of imidazole rings is 1. The lowest BCUT2D eigenvalue weighted by Crippen LogP contribution is -2.15. The van der Waals surface area contributed by atoms with E-state index in [4.69, 9.17) is 11.6 Å². The van der Waals surface area contributed by atoms with E-state index in [9.17, 15) is 4.21 Å². The second-order valence-corrected chi connectivity index (χ2v) is 6.92. The van der Waals surface area contributed by atoms with E-state index in [-0.39, 0.29) is 6.04 Å². The second kappa shape index (κ2) is 5.72. The van der Waals surface area contributed by atoms with Gasteiger partial charge in [0.1, 0.15) is 5.82 Å². The monoisotopic (exact) mass is 348 g/mol. The first-order valence-electron chi connectivity index (χ1n) is 5.55. The number of alkyl halides is 1. The van der Waals surface area contributed by atoms with E-state index in [0.717, 1.165) is 21.3 Å². The summed E-state index contributed by atoms with van der Waals surface area (Å²) >= 11 is 9.42. The van der Waals surface area contributed by atoms with E-state index in [1.165, 1.54) is 0 Å². The van der Waals surface area contributed by atoms with Gasteiger partial charge in [0.05, 0.1) is 16.9 Å². The lowest BCUT2D eigenvalue weighted by Gasteiger charge is -2.15. The van der Waals surface area contributed by atoms with Crippen molar-refractivity contribution in [3.05, 3.63) is 28.5 Å². The summed E-state index contributed by atoms with van der Waals surface area (Å²) in [4.78, 5) is 4.51. The molecule has 0 fully saturated rings. The summed E-state index contributed by atoms with van der Waals surface area (Å²) in [6, 6.07) is 6.05. The minimum Gasteiger partial charge on any atom is -0.323 e. The molecule has 2 atom stereocenters. The van der Waals surface area contributed by atoms with E-state index in [2.05, 4.69) is 25.5 Å². The van der Waals surface area contributed by atoms with Crippen molar-refractivity contribution in [2.75, 3.05) is 12.0 Å². The molecular formula is C12H14BrClN2OS. The van der Waals surface area contributed by atoms with Crippen LogP contribution in [0, 0.1) is 0 Å². The van der Waals surface area contributed by atoms with Crippen LogP contribution in [-0.2, 0) is 16.7 Å². The van der Waals surface area contributed by atoms with E-state index < -0.39 is 10.8 Å². The van der Waals surface area contributed by atoms with Gasteiger partial charge in [-0.2, -0.15) is 0 Å². The van der Waals surface area contributed by atoms with Crippen LogP contribution in [0.25, 0.3) is 11.0 Å². The van der Waals surface area contributed by atoms with Crippen molar-refractivity contribution in [3.63, 3.8) is 0 Å². The van der Waals surface area contributed by atoms with Crippen molar-refractivity contribution >= 4 is 49.4 Å². The first-order valence-corrected chi connectivity index (χ1v) is 8.60. The Labute approximate surface area is 122 Å². The lowest BCUT2D eigenvalue weighted by atomic mass is 10.3. The summed E-state index contributed by atoms with van der Waals surface area (Å²) in [5, 5.41) is 0. The van der Waals surface area contributed by atoms with Crippen LogP contribution in [0.3, 0.4) is 0 Å². The average molecular weight is 350 g/mol. The normalized spacial score (nSPS) is 14.9. The Hall–Kier alpha value is -0.390. The molecule has 2 rings (SSSR count). The third kappa shape index (κ3) is 2.78.